The van der Waals surface area contributed by atoms with E-state index in [1.54, 1.807) is 14.2 Å². The molecular formula is C21H25NO4. The molecule has 26 heavy (non-hydrogen) atoms. The molecule has 5 nitrogen and oxygen atoms in total. The Morgan fingerprint density at radius 2 is 1.65 bits per heavy atom. The molecule has 138 valence electrons. The zero-order valence-electron chi connectivity index (χ0n) is 15.2. The van der Waals surface area contributed by atoms with Gasteiger partial charge < -0.3 is 14.6 Å². The monoisotopic (exact) mass is 355 g/mol. The zero-order chi connectivity index (χ0) is 18.5. The van der Waals surface area contributed by atoms with Crippen molar-refractivity contribution in [2.75, 3.05) is 27.3 Å². The average molecular weight is 355 g/mol. The molecular weight excluding hydrogens is 330 g/mol. The summed E-state index contributed by atoms with van der Waals surface area (Å²) >= 11 is 0. The summed E-state index contributed by atoms with van der Waals surface area (Å²) in [5, 5.41) is 9.27. The molecule has 0 aliphatic carbocycles. The van der Waals surface area contributed by atoms with Crippen molar-refractivity contribution in [1.82, 2.24) is 4.90 Å². The van der Waals surface area contributed by atoms with E-state index in [0.29, 0.717) is 12.8 Å². The Bertz CT molecular complexity index is 736. The van der Waals surface area contributed by atoms with E-state index in [9.17, 15) is 9.90 Å². The van der Waals surface area contributed by atoms with Crippen molar-refractivity contribution in [1.29, 1.82) is 0 Å². The number of hydrogen-bond donors (Lipinski definition) is 1. The molecule has 1 aliphatic heterocycles. The molecule has 0 spiro atoms. The van der Waals surface area contributed by atoms with Crippen LogP contribution in [0.5, 0.6) is 11.5 Å². The molecule has 2 aromatic carbocycles. The molecule has 0 bridgehead atoms. The Balaban J connectivity index is 1.92. The minimum Gasteiger partial charge on any atom is -0.497 e. The molecule has 3 rings (SSSR count). The fraction of sp³-hybridized carbons (Fsp3) is 0.381. The maximum absolute atomic E-state index is 11.3. The zero-order valence-corrected chi connectivity index (χ0v) is 15.2. The highest BCUT2D eigenvalue weighted by Crippen LogP contribution is 2.34. The predicted molar refractivity (Wildman–Crippen MR) is 99.8 cm³/mol. The summed E-state index contributed by atoms with van der Waals surface area (Å²) in [5.74, 6) is 0.712. The summed E-state index contributed by atoms with van der Waals surface area (Å²) in [7, 11) is 3.32. The maximum atomic E-state index is 11.3. The highest BCUT2D eigenvalue weighted by Gasteiger charge is 2.30. The van der Waals surface area contributed by atoms with Crippen molar-refractivity contribution < 1.29 is 19.4 Å². The van der Waals surface area contributed by atoms with Crippen molar-refractivity contribution >= 4 is 5.97 Å². The van der Waals surface area contributed by atoms with E-state index in [0.717, 1.165) is 35.7 Å². The van der Waals surface area contributed by atoms with Crippen molar-refractivity contribution in [2.45, 2.75) is 18.9 Å². The van der Waals surface area contributed by atoms with Gasteiger partial charge in [-0.1, -0.05) is 24.3 Å². The first-order valence-electron chi connectivity index (χ1n) is 8.87. The van der Waals surface area contributed by atoms with Gasteiger partial charge in [-0.3, -0.25) is 9.69 Å². The van der Waals surface area contributed by atoms with Gasteiger partial charge in [0.1, 0.15) is 11.5 Å². The molecule has 2 aromatic rings. The number of benzene rings is 2. The molecule has 0 saturated carbocycles. The van der Waals surface area contributed by atoms with Gasteiger partial charge in [-0.05, 0) is 61.3 Å². The van der Waals surface area contributed by atoms with E-state index in [2.05, 4.69) is 29.2 Å². The fourth-order valence-electron chi connectivity index (χ4n) is 3.62. The maximum Gasteiger partial charge on any atom is 0.306 e. The summed E-state index contributed by atoms with van der Waals surface area (Å²) < 4.78 is 10.7. The smallest absolute Gasteiger partial charge is 0.306 e. The normalized spacial score (nSPS) is 16.8. The van der Waals surface area contributed by atoms with Crippen LogP contribution in [0.2, 0.25) is 0 Å². The quantitative estimate of drug-likeness (QED) is 0.858. The molecule has 0 aromatic heterocycles. The van der Waals surface area contributed by atoms with Crippen LogP contribution in [0.4, 0.5) is 0 Å². The average Bonchev–Trinajstić information content (AvgIpc) is 2.69. The second-order valence-electron chi connectivity index (χ2n) is 6.60. The summed E-state index contributed by atoms with van der Waals surface area (Å²) in [6, 6.07) is 16.2. The predicted octanol–water partition coefficient (Wildman–Crippen LogP) is 3.59. The summed E-state index contributed by atoms with van der Waals surface area (Å²) in [5.41, 5.74) is 2.30. The molecule has 1 N–H and O–H groups in total. The molecule has 0 radical (unpaired) electrons. The molecule has 1 heterocycles. The number of nitrogens with zero attached hydrogens (tertiary/aromatic N) is 1. The van der Waals surface area contributed by atoms with Crippen molar-refractivity contribution in [3.63, 3.8) is 0 Å². The number of piperidine rings is 1. The van der Waals surface area contributed by atoms with E-state index in [-0.39, 0.29) is 12.0 Å². The number of carboxylic acids is 1. The Labute approximate surface area is 154 Å². The summed E-state index contributed by atoms with van der Waals surface area (Å²) in [6.45, 7) is 1.51. The van der Waals surface area contributed by atoms with Crippen LogP contribution in [0.15, 0.2) is 48.5 Å². The van der Waals surface area contributed by atoms with Gasteiger partial charge in [0.15, 0.2) is 0 Å². The van der Waals surface area contributed by atoms with Crippen LogP contribution < -0.4 is 9.47 Å². The first kappa shape index (κ1) is 18.3. The minimum absolute atomic E-state index is 0.0609. The van der Waals surface area contributed by atoms with Crippen LogP contribution in [-0.2, 0) is 4.79 Å². The van der Waals surface area contributed by atoms with E-state index in [1.807, 2.05) is 24.3 Å². The number of aliphatic carboxylic acids is 1. The lowest BCUT2D eigenvalue weighted by Gasteiger charge is -2.37. The van der Waals surface area contributed by atoms with Crippen LogP contribution in [0.25, 0.3) is 0 Å². The SMILES string of the molecule is COc1ccc(C(c2cccc(OC)c2)N2CCC(C(=O)O)CC2)cc1. The Morgan fingerprint density at radius 3 is 2.23 bits per heavy atom. The summed E-state index contributed by atoms with van der Waals surface area (Å²) in [4.78, 5) is 13.6. The van der Waals surface area contributed by atoms with Crippen LogP contribution in [0.3, 0.4) is 0 Å². The third-order valence-electron chi connectivity index (χ3n) is 5.09. The van der Waals surface area contributed by atoms with Crippen LogP contribution in [-0.4, -0.2) is 43.3 Å². The number of carbonyl (C=O) groups is 1. The van der Waals surface area contributed by atoms with Gasteiger partial charge in [0.2, 0.25) is 0 Å². The van der Waals surface area contributed by atoms with Gasteiger partial charge in [-0.15, -0.1) is 0 Å². The van der Waals surface area contributed by atoms with E-state index in [1.165, 1.54) is 0 Å². The van der Waals surface area contributed by atoms with Crippen molar-refractivity contribution in [3.05, 3.63) is 59.7 Å². The first-order chi connectivity index (χ1) is 12.6. The Hall–Kier alpha value is -2.53. The Morgan fingerprint density at radius 1 is 1.00 bits per heavy atom. The summed E-state index contributed by atoms with van der Waals surface area (Å²) in [6.07, 6.45) is 1.35. The third-order valence-corrected chi connectivity index (χ3v) is 5.09. The van der Waals surface area contributed by atoms with Crippen molar-refractivity contribution in [3.8, 4) is 11.5 Å². The lowest BCUT2D eigenvalue weighted by atomic mass is 9.91. The molecule has 0 amide bonds. The van der Waals surface area contributed by atoms with Gasteiger partial charge in [-0.2, -0.15) is 0 Å². The molecule has 1 fully saturated rings. The minimum atomic E-state index is -0.688. The topological polar surface area (TPSA) is 59.0 Å². The van der Waals surface area contributed by atoms with Gasteiger partial charge in [0.25, 0.3) is 0 Å². The second kappa shape index (κ2) is 8.23. The second-order valence-corrected chi connectivity index (χ2v) is 6.60. The number of likely N-dealkylation sites (tertiary alicyclic amines) is 1. The van der Waals surface area contributed by atoms with Crippen LogP contribution >= 0.6 is 0 Å². The number of rotatable bonds is 6. The number of carboxylic acid groups (broad SMARTS) is 1. The molecule has 1 unspecified atom stereocenters. The van der Waals surface area contributed by atoms with E-state index < -0.39 is 5.97 Å². The fourth-order valence-corrected chi connectivity index (χ4v) is 3.62. The molecule has 1 saturated heterocycles. The third kappa shape index (κ3) is 3.99. The molecule has 1 aliphatic rings. The molecule has 1 atom stereocenters. The van der Waals surface area contributed by atoms with E-state index in [4.69, 9.17) is 9.47 Å². The highest BCUT2D eigenvalue weighted by atomic mass is 16.5. The van der Waals surface area contributed by atoms with E-state index >= 15 is 0 Å². The van der Waals surface area contributed by atoms with Crippen LogP contribution in [0, 0.1) is 5.92 Å². The largest absolute Gasteiger partial charge is 0.497 e. The number of hydrogen-bond acceptors (Lipinski definition) is 4. The highest BCUT2D eigenvalue weighted by molar-refractivity contribution is 5.70. The Kier molecular flexibility index (Phi) is 5.78. The lowest BCUT2D eigenvalue weighted by Crippen LogP contribution is -2.39. The standard InChI is InChI=1S/C21H25NO4/c1-25-18-8-6-15(7-9-18)20(17-4-3-5-19(14-17)26-2)22-12-10-16(11-13-22)21(23)24/h3-9,14,16,20H,10-13H2,1-2H3,(H,23,24). The van der Waals surface area contributed by atoms with Crippen LogP contribution in [0.1, 0.15) is 30.0 Å². The first-order valence-corrected chi connectivity index (χ1v) is 8.87. The lowest BCUT2D eigenvalue weighted by molar-refractivity contribution is -0.143. The van der Waals surface area contributed by atoms with Gasteiger partial charge in [0.05, 0.1) is 26.2 Å². The van der Waals surface area contributed by atoms with Gasteiger partial charge >= 0.3 is 5.97 Å². The molecule has 5 heteroatoms. The van der Waals surface area contributed by atoms with Gasteiger partial charge in [0, 0.05) is 0 Å². The number of ether oxygens (including phenoxy) is 2. The van der Waals surface area contributed by atoms with Gasteiger partial charge in [-0.25, -0.2) is 0 Å². The van der Waals surface area contributed by atoms with Crippen molar-refractivity contribution in [2.24, 2.45) is 5.92 Å². The number of methoxy groups -OCH3 is 2.